The average molecular weight is 608 g/mol. The fourth-order valence-corrected chi connectivity index (χ4v) is 5.22. The molecular formula is C29H32Cl2N2O6S. The Balaban J connectivity index is 1.72. The SMILES string of the molecule is CO/C(=C/c1c(Cl)cc(C(=O)Nc2nc(-c3cccc(CCOCCCC(C)C)c3OC)cs2)cc1Cl)C(=O)O. The highest BCUT2D eigenvalue weighted by atomic mass is 35.5. The van der Waals surface area contributed by atoms with Crippen molar-refractivity contribution in [1.29, 1.82) is 0 Å². The summed E-state index contributed by atoms with van der Waals surface area (Å²) < 4.78 is 16.4. The minimum Gasteiger partial charge on any atom is -0.496 e. The maximum atomic E-state index is 12.9. The number of hydrogen-bond donors (Lipinski definition) is 2. The van der Waals surface area contributed by atoms with Crippen molar-refractivity contribution >= 4 is 57.6 Å². The molecule has 1 aromatic heterocycles. The van der Waals surface area contributed by atoms with E-state index in [0.717, 1.165) is 36.3 Å². The topological polar surface area (TPSA) is 107 Å². The van der Waals surface area contributed by atoms with E-state index < -0.39 is 11.9 Å². The summed E-state index contributed by atoms with van der Waals surface area (Å²) in [5.74, 6) is -0.702. The molecule has 3 aromatic rings. The predicted molar refractivity (Wildman–Crippen MR) is 160 cm³/mol. The molecule has 0 saturated heterocycles. The Morgan fingerprint density at radius 3 is 2.50 bits per heavy atom. The number of rotatable bonds is 14. The summed E-state index contributed by atoms with van der Waals surface area (Å²) in [6, 6.07) is 8.67. The number of benzene rings is 2. The first kappa shape index (κ1) is 31.4. The van der Waals surface area contributed by atoms with Crippen molar-refractivity contribution in [2.24, 2.45) is 5.92 Å². The van der Waals surface area contributed by atoms with Crippen LogP contribution in [0, 0.1) is 5.92 Å². The van der Waals surface area contributed by atoms with Gasteiger partial charge in [-0.3, -0.25) is 10.1 Å². The number of carbonyl (C=O) groups is 2. The van der Waals surface area contributed by atoms with E-state index >= 15 is 0 Å². The van der Waals surface area contributed by atoms with Crippen LogP contribution in [0.4, 0.5) is 5.13 Å². The lowest BCUT2D eigenvalue weighted by atomic mass is 10.0. The molecule has 0 aliphatic rings. The molecule has 0 saturated carbocycles. The zero-order valence-electron chi connectivity index (χ0n) is 22.8. The van der Waals surface area contributed by atoms with Crippen molar-refractivity contribution in [3.8, 4) is 17.0 Å². The predicted octanol–water partition coefficient (Wildman–Crippen LogP) is 7.45. The third kappa shape index (κ3) is 8.44. The van der Waals surface area contributed by atoms with Gasteiger partial charge in [-0.2, -0.15) is 0 Å². The number of nitrogens with zero attached hydrogens (tertiary/aromatic N) is 1. The van der Waals surface area contributed by atoms with E-state index in [1.807, 2.05) is 23.6 Å². The van der Waals surface area contributed by atoms with E-state index in [-0.39, 0.29) is 26.9 Å². The average Bonchev–Trinajstić information content (AvgIpc) is 3.37. The third-order valence-corrected chi connectivity index (χ3v) is 7.32. The number of methoxy groups -OCH3 is 2. The number of aliphatic carboxylic acids is 1. The van der Waals surface area contributed by atoms with Crippen molar-refractivity contribution in [3.63, 3.8) is 0 Å². The van der Waals surface area contributed by atoms with Gasteiger partial charge in [-0.15, -0.1) is 11.3 Å². The van der Waals surface area contributed by atoms with Gasteiger partial charge in [0.05, 0.1) is 36.6 Å². The maximum absolute atomic E-state index is 12.9. The van der Waals surface area contributed by atoms with E-state index in [2.05, 4.69) is 24.1 Å². The zero-order valence-corrected chi connectivity index (χ0v) is 25.1. The van der Waals surface area contributed by atoms with Gasteiger partial charge in [0.15, 0.2) is 5.13 Å². The normalized spacial score (nSPS) is 11.5. The van der Waals surface area contributed by atoms with Gasteiger partial charge < -0.3 is 19.3 Å². The van der Waals surface area contributed by atoms with E-state index in [0.29, 0.717) is 29.8 Å². The van der Waals surface area contributed by atoms with Gasteiger partial charge in [-0.1, -0.05) is 49.2 Å². The largest absolute Gasteiger partial charge is 0.496 e. The summed E-state index contributed by atoms with van der Waals surface area (Å²) in [5, 5.41) is 14.3. The molecule has 2 aromatic carbocycles. The highest BCUT2D eigenvalue weighted by Gasteiger charge is 2.18. The summed E-state index contributed by atoms with van der Waals surface area (Å²) in [7, 11) is 2.85. The summed E-state index contributed by atoms with van der Waals surface area (Å²) >= 11 is 13.9. The van der Waals surface area contributed by atoms with Crippen LogP contribution in [0.2, 0.25) is 10.0 Å². The second kappa shape index (κ2) is 15.0. The van der Waals surface area contributed by atoms with E-state index in [1.165, 1.54) is 36.7 Å². The van der Waals surface area contributed by atoms with Crippen molar-refractivity contribution in [1.82, 2.24) is 4.98 Å². The number of carbonyl (C=O) groups excluding carboxylic acids is 1. The summed E-state index contributed by atoms with van der Waals surface area (Å²) in [6.07, 6.45) is 4.09. The molecule has 0 unspecified atom stereocenters. The van der Waals surface area contributed by atoms with Gasteiger partial charge in [0.25, 0.3) is 5.91 Å². The second-order valence-electron chi connectivity index (χ2n) is 9.26. The maximum Gasteiger partial charge on any atom is 0.371 e. The van der Waals surface area contributed by atoms with Crippen LogP contribution in [-0.4, -0.2) is 49.4 Å². The van der Waals surface area contributed by atoms with Gasteiger partial charge in [-0.05, 0) is 55.0 Å². The molecule has 0 aliphatic carbocycles. The molecule has 40 heavy (non-hydrogen) atoms. The van der Waals surface area contributed by atoms with Crippen molar-refractivity contribution < 1.29 is 28.9 Å². The molecule has 1 amide bonds. The highest BCUT2D eigenvalue weighted by molar-refractivity contribution is 7.14. The Hall–Kier alpha value is -3.11. The number of ether oxygens (including phenoxy) is 3. The Morgan fingerprint density at radius 1 is 1.15 bits per heavy atom. The van der Waals surface area contributed by atoms with Crippen LogP contribution in [0.5, 0.6) is 5.75 Å². The quantitative estimate of drug-likeness (QED) is 0.111. The molecule has 214 valence electrons. The van der Waals surface area contributed by atoms with Crippen molar-refractivity contribution in [3.05, 3.63) is 68.2 Å². The molecular weight excluding hydrogens is 575 g/mol. The molecule has 1 heterocycles. The van der Waals surface area contributed by atoms with Crippen LogP contribution in [0.1, 0.15) is 48.2 Å². The smallest absolute Gasteiger partial charge is 0.371 e. The standard InChI is InChI=1S/C29H32Cl2N2O6S/c1-17(2)7-6-11-39-12-10-18-8-5-9-20(26(18)38-4)24-16-40-29(32-24)33-27(34)19-13-22(30)21(23(31)14-19)15-25(37-3)28(35)36/h5,8-9,13-17H,6-7,10-12H2,1-4H3,(H,35,36)(H,32,33,34)/b25-15+. The number of para-hydroxylation sites is 1. The molecule has 0 aliphatic heterocycles. The second-order valence-corrected chi connectivity index (χ2v) is 10.9. The Kier molecular flexibility index (Phi) is 11.8. The van der Waals surface area contributed by atoms with Crippen molar-refractivity contribution in [2.45, 2.75) is 33.1 Å². The number of thiazole rings is 1. The third-order valence-electron chi connectivity index (χ3n) is 5.93. The number of hydrogen-bond acceptors (Lipinski definition) is 7. The lowest BCUT2D eigenvalue weighted by Gasteiger charge is -2.13. The van der Waals surface area contributed by atoms with E-state index in [9.17, 15) is 14.7 Å². The lowest BCUT2D eigenvalue weighted by Crippen LogP contribution is -2.12. The first-order valence-corrected chi connectivity index (χ1v) is 14.3. The van der Waals surface area contributed by atoms with E-state index in [4.69, 9.17) is 37.4 Å². The minimum absolute atomic E-state index is 0.0960. The fourth-order valence-electron chi connectivity index (χ4n) is 3.92. The summed E-state index contributed by atoms with van der Waals surface area (Å²) in [4.78, 5) is 28.8. The van der Waals surface area contributed by atoms with Crippen LogP contribution in [0.3, 0.4) is 0 Å². The first-order valence-electron chi connectivity index (χ1n) is 12.6. The molecule has 0 atom stereocenters. The number of nitrogens with one attached hydrogen (secondary N) is 1. The minimum atomic E-state index is -1.27. The molecule has 0 spiro atoms. The van der Waals surface area contributed by atoms with E-state index in [1.54, 1.807) is 7.11 Å². The van der Waals surface area contributed by atoms with Crippen LogP contribution < -0.4 is 10.1 Å². The number of amides is 1. The molecule has 0 radical (unpaired) electrons. The van der Waals surface area contributed by atoms with Crippen LogP contribution in [-0.2, 0) is 20.7 Å². The number of carboxylic acids is 1. The Labute approximate surface area is 247 Å². The number of halogens is 2. The molecule has 8 nitrogen and oxygen atoms in total. The van der Waals surface area contributed by atoms with Crippen LogP contribution >= 0.6 is 34.5 Å². The molecule has 2 N–H and O–H groups in total. The molecule has 0 fully saturated rings. The van der Waals surface area contributed by atoms with Crippen LogP contribution in [0.15, 0.2) is 41.5 Å². The van der Waals surface area contributed by atoms with Crippen LogP contribution in [0.25, 0.3) is 17.3 Å². The Bertz CT molecular complexity index is 1350. The highest BCUT2D eigenvalue weighted by Crippen LogP contribution is 2.35. The molecule has 0 bridgehead atoms. The van der Waals surface area contributed by atoms with Gasteiger partial charge in [0.2, 0.25) is 5.76 Å². The van der Waals surface area contributed by atoms with Gasteiger partial charge in [-0.25, -0.2) is 9.78 Å². The summed E-state index contributed by atoms with van der Waals surface area (Å²) in [5.41, 5.74) is 2.90. The monoisotopic (exact) mass is 606 g/mol. The fraction of sp³-hybridized carbons (Fsp3) is 0.345. The molecule has 11 heteroatoms. The van der Waals surface area contributed by atoms with Gasteiger partial charge >= 0.3 is 5.97 Å². The van der Waals surface area contributed by atoms with Gasteiger partial charge in [0, 0.05) is 28.7 Å². The first-order chi connectivity index (χ1) is 19.1. The number of carboxylic acid groups (broad SMARTS) is 1. The number of aromatic nitrogens is 1. The summed E-state index contributed by atoms with van der Waals surface area (Å²) in [6.45, 7) is 5.74. The van der Waals surface area contributed by atoms with Gasteiger partial charge in [0.1, 0.15) is 5.75 Å². The zero-order chi connectivity index (χ0) is 29.2. The lowest BCUT2D eigenvalue weighted by molar-refractivity contribution is -0.135. The Morgan fingerprint density at radius 2 is 1.88 bits per heavy atom. The number of anilines is 1. The van der Waals surface area contributed by atoms with Crippen molar-refractivity contribution in [2.75, 3.05) is 32.8 Å². The molecule has 3 rings (SSSR count).